The number of hydrogen-bond acceptors (Lipinski definition) is 3. The summed E-state index contributed by atoms with van der Waals surface area (Å²) in [5.41, 5.74) is 4.20. The first-order valence-electron chi connectivity index (χ1n) is 10.3. The fraction of sp³-hybridized carbons (Fsp3) is 0.435. The van der Waals surface area contributed by atoms with Crippen LogP contribution in [0.3, 0.4) is 0 Å². The Bertz CT molecular complexity index is 809. The van der Waals surface area contributed by atoms with Gasteiger partial charge in [0.2, 0.25) is 0 Å². The van der Waals surface area contributed by atoms with Gasteiger partial charge in [0.1, 0.15) is 0 Å². The number of rotatable bonds is 6. The molecule has 0 aromatic heterocycles. The maximum absolute atomic E-state index is 11.4. The summed E-state index contributed by atoms with van der Waals surface area (Å²) < 4.78 is 0. The average Bonchev–Trinajstić information content (AvgIpc) is 2.72. The molecule has 2 aromatic rings. The second-order valence-corrected chi connectivity index (χ2v) is 8.03. The molecule has 1 saturated heterocycles. The van der Waals surface area contributed by atoms with Gasteiger partial charge in [-0.05, 0) is 67.0 Å². The summed E-state index contributed by atoms with van der Waals surface area (Å²) in [6.07, 6.45) is 3.92. The summed E-state index contributed by atoms with van der Waals surface area (Å²) in [6, 6.07) is 16.4. The molecule has 4 rings (SSSR count). The van der Waals surface area contributed by atoms with Crippen LogP contribution in [0.1, 0.15) is 42.1 Å². The Kier molecular flexibility index (Phi) is 5.93. The number of carbonyl (C=O) groups excluding carboxylic acids is 1. The molecule has 2 heterocycles. The van der Waals surface area contributed by atoms with Crippen LogP contribution in [0.15, 0.2) is 48.5 Å². The third-order valence-electron chi connectivity index (χ3n) is 5.89. The number of aliphatic hydroxyl groups is 1. The van der Waals surface area contributed by atoms with Crippen LogP contribution in [0.25, 0.3) is 0 Å². The molecule has 148 valence electrons. The zero-order valence-electron chi connectivity index (χ0n) is 16.2. The van der Waals surface area contributed by atoms with E-state index in [1.54, 1.807) is 0 Å². The number of nitrogens with zero attached hydrogens (tertiary/aromatic N) is 1. The molecule has 1 unspecified atom stereocenters. The molecule has 3 N–H and O–H groups in total. The number of benzene rings is 2. The van der Waals surface area contributed by atoms with Gasteiger partial charge in [-0.3, -0.25) is 0 Å². The minimum Gasteiger partial charge on any atom is -0.388 e. The van der Waals surface area contributed by atoms with E-state index < -0.39 is 6.10 Å². The largest absolute Gasteiger partial charge is 0.388 e. The summed E-state index contributed by atoms with van der Waals surface area (Å²) in [5.74, 6) is 0.701. The Labute approximate surface area is 166 Å². The highest BCUT2D eigenvalue weighted by Gasteiger charge is 2.21. The maximum Gasteiger partial charge on any atom is 0.319 e. The van der Waals surface area contributed by atoms with E-state index in [2.05, 4.69) is 45.9 Å². The highest BCUT2D eigenvalue weighted by atomic mass is 16.3. The first kappa shape index (κ1) is 19.0. The van der Waals surface area contributed by atoms with E-state index >= 15 is 0 Å². The van der Waals surface area contributed by atoms with Gasteiger partial charge in [0.05, 0.1) is 6.10 Å². The molecule has 2 aliphatic rings. The van der Waals surface area contributed by atoms with Crippen molar-refractivity contribution in [3.63, 3.8) is 0 Å². The predicted octanol–water partition coefficient (Wildman–Crippen LogP) is 3.70. The van der Waals surface area contributed by atoms with Crippen molar-refractivity contribution in [2.24, 2.45) is 5.92 Å². The number of aliphatic hydroxyl groups excluding tert-OH is 1. The van der Waals surface area contributed by atoms with Crippen LogP contribution in [-0.4, -0.2) is 35.7 Å². The Hall–Kier alpha value is -2.37. The molecule has 0 spiro atoms. The van der Waals surface area contributed by atoms with Gasteiger partial charge in [0.25, 0.3) is 0 Å². The lowest BCUT2D eigenvalue weighted by Gasteiger charge is -2.33. The molecule has 0 aliphatic carbocycles. The number of nitrogens with one attached hydrogen (secondary N) is 2. The molecule has 2 atom stereocenters. The Morgan fingerprint density at radius 1 is 1.18 bits per heavy atom. The normalized spacial score (nSPS) is 20.8. The summed E-state index contributed by atoms with van der Waals surface area (Å²) in [7, 11) is 0. The van der Waals surface area contributed by atoms with Crippen LogP contribution in [0.2, 0.25) is 0 Å². The van der Waals surface area contributed by atoms with Gasteiger partial charge in [0.15, 0.2) is 0 Å². The third kappa shape index (κ3) is 4.72. The van der Waals surface area contributed by atoms with Crippen LogP contribution >= 0.6 is 0 Å². The summed E-state index contributed by atoms with van der Waals surface area (Å²) in [6.45, 7) is 3.66. The Morgan fingerprint density at radius 2 is 2.04 bits per heavy atom. The van der Waals surface area contributed by atoms with Crippen molar-refractivity contribution in [3.8, 4) is 0 Å². The van der Waals surface area contributed by atoms with Gasteiger partial charge in [-0.25, -0.2) is 4.79 Å². The first-order chi connectivity index (χ1) is 13.7. The average molecular weight is 380 g/mol. The highest BCUT2D eigenvalue weighted by Crippen LogP contribution is 2.26. The van der Waals surface area contributed by atoms with E-state index in [0.29, 0.717) is 12.5 Å². The zero-order chi connectivity index (χ0) is 19.3. The van der Waals surface area contributed by atoms with E-state index in [9.17, 15) is 9.90 Å². The molecule has 0 bridgehead atoms. The van der Waals surface area contributed by atoms with E-state index in [4.69, 9.17) is 0 Å². The van der Waals surface area contributed by atoms with Gasteiger partial charge in [-0.15, -0.1) is 0 Å². The van der Waals surface area contributed by atoms with Crippen LogP contribution < -0.4 is 10.6 Å². The number of fused-ring (bicyclic) bond motifs is 1. The maximum atomic E-state index is 11.4. The lowest BCUT2D eigenvalue weighted by molar-refractivity contribution is 0.118. The number of likely N-dealkylation sites (tertiary alicyclic amines) is 1. The molecule has 5 heteroatoms. The van der Waals surface area contributed by atoms with E-state index in [-0.39, 0.29) is 6.03 Å². The topological polar surface area (TPSA) is 64.6 Å². The summed E-state index contributed by atoms with van der Waals surface area (Å²) in [5, 5.41) is 16.2. The number of carbonyl (C=O) groups is 1. The lowest BCUT2D eigenvalue weighted by Crippen LogP contribution is -2.37. The van der Waals surface area contributed by atoms with Gasteiger partial charge in [-0.2, -0.15) is 0 Å². The van der Waals surface area contributed by atoms with Crippen LogP contribution in [-0.2, 0) is 13.0 Å². The van der Waals surface area contributed by atoms with Crippen LogP contribution in [0, 0.1) is 5.92 Å². The van der Waals surface area contributed by atoms with E-state index in [0.717, 1.165) is 49.3 Å². The van der Waals surface area contributed by atoms with Crippen molar-refractivity contribution in [2.45, 2.75) is 38.3 Å². The minimum absolute atomic E-state index is 0.170. The third-order valence-corrected chi connectivity index (χ3v) is 5.89. The zero-order valence-corrected chi connectivity index (χ0v) is 16.2. The van der Waals surface area contributed by atoms with Crippen molar-refractivity contribution >= 4 is 11.7 Å². The molecular weight excluding hydrogens is 350 g/mol. The molecule has 2 aliphatic heterocycles. The van der Waals surface area contributed by atoms with Gasteiger partial charge in [-0.1, -0.05) is 36.4 Å². The number of anilines is 1. The second kappa shape index (κ2) is 8.76. The van der Waals surface area contributed by atoms with Crippen LogP contribution in [0.5, 0.6) is 0 Å². The van der Waals surface area contributed by atoms with Crippen molar-refractivity contribution < 1.29 is 9.90 Å². The summed E-state index contributed by atoms with van der Waals surface area (Å²) >= 11 is 0. The van der Waals surface area contributed by atoms with Crippen molar-refractivity contribution in [1.82, 2.24) is 10.2 Å². The lowest BCUT2D eigenvalue weighted by atomic mass is 9.91. The van der Waals surface area contributed by atoms with Crippen LogP contribution in [0.4, 0.5) is 10.5 Å². The van der Waals surface area contributed by atoms with Gasteiger partial charge < -0.3 is 20.6 Å². The summed E-state index contributed by atoms with van der Waals surface area (Å²) in [4.78, 5) is 13.9. The molecule has 0 radical (unpaired) electrons. The fourth-order valence-corrected chi connectivity index (χ4v) is 4.37. The fourth-order valence-electron chi connectivity index (χ4n) is 4.37. The van der Waals surface area contributed by atoms with Gasteiger partial charge >= 0.3 is 6.03 Å². The molecule has 0 saturated carbocycles. The number of urea groups is 1. The van der Waals surface area contributed by atoms with Crippen molar-refractivity contribution in [3.05, 3.63) is 65.2 Å². The minimum atomic E-state index is -0.475. The quantitative estimate of drug-likeness (QED) is 0.717. The van der Waals surface area contributed by atoms with E-state index in [1.807, 2.05) is 18.2 Å². The highest BCUT2D eigenvalue weighted by molar-refractivity contribution is 5.92. The standard InChI is InChI=1S/C23H29N3O2/c27-22(19-8-9-21-20(14-19)15-24-23(28)25-21)10-12-26-11-4-7-18(16-26)13-17-5-2-1-3-6-17/h1-3,5-6,8-9,14,18,22,27H,4,7,10-13,15-16H2,(H2,24,25,28)/t18-,22?/m1/s1. The smallest absolute Gasteiger partial charge is 0.319 e. The number of piperidine rings is 1. The molecule has 2 amide bonds. The van der Waals surface area contributed by atoms with Crippen molar-refractivity contribution in [1.29, 1.82) is 0 Å². The number of amides is 2. The molecule has 5 nitrogen and oxygen atoms in total. The Balaban J connectivity index is 1.29. The second-order valence-electron chi connectivity index (χ2n) is 8.03. The molecule has 28 heavy (non-hydrogen) atoms. The van der Waals surface area contributed by atoms with Crippen molar-refractivity contribution in [2.75, 3.05) is 25.0 Å². The molecule has 2 aromatic carbocycles. The van der Waals surface area contributed by atoms with Gasteiger partial charge in [0, 0.05) is 25.3 Å². The van der Waals surface area contributed by atoms with E-state index in [1.165, 1.54) is 18.4 Å². The predicted molar refractivity (Wildman–Crippen MR) is 111 cm³/mol. The molecular formula is C23H29N3O2. The number of hydrogen-bond donors (Lipinski definition) is 3. The Morgan fingerprint density at radius 3 is 2.89 bits per heavy atom. The monoisotopic (exact) mass is 379 g/mol. The first-order valence-corrected chi connectivity index (χ1v) is 10.3. The SMILES string of the molecule is O=C1NCc2cc(C(O)CCN3CCC[C@H](Cc4ccccc4)C3)ccc2N1. The molecule has 1 fully saturated rings.